The minimum Gasteiger partial charge on any atom is -0.467 e. The van der Waals surface area contributed by atoms with Crippen molar-refractivity contribution >= 4 is 23.2 Å². The summed E-state index contributed by atoms with van der Waals surface area (Å²) in [5.74, 6) is 0.530. The van der Waals surface area contributed by atoms with Gasteiger partial charge in [0.25, 0.3) is 5.91 Å². The molecule has 5 heteroatoms. The summed E-state index contributed by atoms with van der Waals surface area (Å²) >= 11 is 6.06. The van der Waals surface area contributed by atoms with Crippen molar-refractivity contribution in [2.24, 2.45) is 0 Å². The molecule has 0 saturated heterocycles. The van der Waals surface area contributed by atoms with Gasteiger partial charge in [0.2, 0.25) is 0 Å². The first-order chi connectivity index (χ1) is 9.13. The molecule has 0 atom stereocenters. The van der Waals surface area contributed by atoms with Crippen molar-refractivity contribution < 1.29 is 9.21 Å². The van der Waals surface area contributed by atoms with Gasteiger partial charge in [0.15, 0.2) is 0 Å². The van der Waals surface area contributed by atoms with Gasteiger partial charge in [0, 0.05) is 12.2 Å². The van der Waals surface area contributed by atoms with Crippen LogP contribution in [0.4, 0.5) is 5.69 Å². The summed E-state index contributed by atoms with van der Waals surface area (Å²) in [7, 11) is 0. The molecule has 0 spiro atoms. The molecule has 0 aliphatic rings. The van der Waals surface area contributed by atoms with E-state index in [2.05, 4.69) is 0 Å². The largest absolute Gasteiger partial charge is 0.467 e. The third-order valence-corrected chi connectivity index (χ3v) is 3.17. The number of amides is 1. The van der Waals surface area contributed by atoms with Crippen LogP contribution in [0.25, 0.3) is 0 Å². The summed E-state index contributed by atoms with van der Waals surface area (Å²) in [4.78, 5) is 14.1. The number of rotatable bonds is 4. The maximum atomic E-state index is 12.5. The van der Waals surface area contributed by atoms with Crippen molar-refractivity contribution in [3.63, 3.8) is 0 Å². The fraction of sp³-hybridized carbons (Fsp3) is 0.214. The predicted octanol–water partition coefficient (Wildman–Crippen LogP) is 3.18. The van der Waals surface area contributed by atoms with Crippen LogP contribution in [0.3, 0.4) is 0 Å². The Morgan fingerprint density at radius 3 is 2.74 bits per heavy atom. The van der Waals surface area contributed by atoms with Gasteiger partial charge in [-0.1, -0.05) is 17.7 Å². The van der Waals surface area contributed by atoms with Crippen LogP contribution in [-0.4, -0.2) is 17.4 Å². The fourth-order valence-corrected chi connectivity index (χ4v) is 2.11. The van der Waals surface area contributed by atoms with Crippen molar-refractivity contribution in [3.8, 4) is 0 Å². The van der Waals surface area contributed by atoms with E-state index >= 15 is 0 Å². The van der Waals surface area contributed by atoms with Crippen LogP contribution in [0.15, 0.2) is 41.0 Å². The highest BCUT2D eigenvalue weighted by Gasteiger charge is 2.20. The van der Waals surface area contributed by atoms with Gasteiger partial charge in [0.1, 0.15) is 5.76 Å². The van der Waals surface area contributed by atoms with Gasteiger partial charge in [-0.05, 0) is 31.2 Å². The van der Waals surface area contributed by atoms with E-state index in [-0.39, 0.29) is 5.91 Å². The summed E-state index contributed by atoms with van der Waals surface area (Å²) in [5, 5.41) is 0.364. The van der Waals surface area contributed by atoms with Gasteiger partial charge in [-0.25, -0.2) is 0 Å². The maximum absolute atomic E-state index is 12.5. The van der Waals surface area contributed by atoms with E-state index < -0.39 is 0 Å². The van der Waals surface area contributed by atoms with Crippen LogP contribution in [0.2, 0.25) is 5.02 Å². The van der Waals surface area contributed by atoms with Crippen molar-refractivity contribution in [2.75, 3.05) is 12.3 Å². The Morgan fingerprint density at radius 1 is 1.37 bits per heavy atom. The SMILES string of the molecule is CCN(Cc1ccco1)C(=O)c1c(N)cccc1Cl. The Kier molecular flexibility index (Phi) is 4.12. The molecule has 1 heterocycles. The van der Waals surface area contributed by atoms with E-state index in [9.17, 15) is 4.79 Å². The highest BCUT2D eigenvalue weighted by molar-refractivity contribution is 6.34. The van der Waals surface area contributed by atoms with E-state index in [1.165, 1.54) is 0 Å². The molecular weight excluding hydrogens is 264 g/mol. The van der Waals surface area contributed by atoms with Crippen molar-refractivity contribution in [1.29, 1.82) is 0 Å². The molecule has 0 aliphatic heterocycles. The number of furan rings is 1. The van der Waals surface area contributed by atoms with Crippen molar-refractivity contribution in [3.05, 3.63) is 52.9 Å². The molecule has 100 valence electrons. The normalized spacial score (nSPS) is 10.4. The minimum atomic E-state index is -0.193. The zero-order chi connectivity index (χ0) is 13.8. The zero-order valence-electron chi connectivity index (χ0n) is 10.6. The molecule has 1 aromatic carbocycles. The third kappa shape index (κ3) is 2.90. The van der Waals surface area contributed by atoms with Gasteiger partial charge in [-0.15, -0.1) is 0 Å². The van der Waals surface area contributed by atoms with Crippen LogP contribution in [0.5, 0.6) is 0 Å². The lowest BCUT2D eigenvalue weighted by Gasteiger charge is -2.21. The molecule has 4 nitrogen and oxygen atoms in total. The Hall–Kier alpha value is -1.94. The number of halogens is 1. The highest BCUT2D eigenvalue weighted by Crippen LogP contribution is 2.24. The number of nitrogens with zero attached hydrogens (tertiary/aromatic N) is 1. The molecule has 0 bridgehead atoms. The first kappa shape index (κ1) is 13.5. The second kappa shape index (κ2) is 5.80. The summed E-state index contributed by atoms with van der Waals surface area (Å²) in [5.41, 5.74) is 6.56. The average Bonchev–Trinajstić information content (AvgIpc) is 2.88. The lowest BCUT2D eigenvalue weighted by atomic mass is 10.1. The summed E-state index contributed by atoms with van der Waals surface area (Å²) < 4.78 is 5.25. The molecule has 0 saturated carbocycles. The Labute approximate surface area is 116 Å². The second-order valence-electron chi connectivity index (χ2n) is 4.10. The number of carbonyl (C=O) groups is 1. The topological polar surface area (TPSA) is 59.5 Å². The molecular formula is C14H15ClN2O2. The number of anilines is 1. The molecule has 2 aromatic rings. The molecule has 2 N–H and O–H groups in total. The quantitative estimate of drug-likeness (QED) is 0.874. The van der Waals surface area contributed by atoms with E-state index in [4.69, 9.17) is 21.8 Å². The van der Waals surface area contributed by atoms with E-state index in [0.717, 1.165) is 5.76 Å². The fourth-order valence-electron chi connectivity index (χ4n) is 1.84. The van der Waals surface area contributed by atoms with Crippen LogP contribution < -0.4 is 5.73 Å². The molecule has 1 amide bonds. The molecule has 19 heavy (non-hydrogen) atoms. The number of carbonyl (C=O) groups excluding carboxylic acids is 1. The van der Waals surface area contributed by atoms with Crippen molar-refractivity contribution in [2.45, 2.75) is 13.5 Å². The van der Waals surface area contributed by atoms with E-state index in [0.29, 0.717) is 29.4 Å². The molecule has 0 radical (unpaired) electrons. The molecule has 2 rings (SSSR count). The van der Waals surface area contributed by atoms with Gasteiger partial charge in [-0.2, -0.15) is 0 Å². The summed E-state index contributed by atoms with van der Waals surface area (Å²) in [6.07, 6.45) is 1.58. The summed E-state index contributed by atoms with van der Waals surface area (Å²) in [6, 6.07) is 8.66. The Bertz CT molecular complexity index is 547. The monoisotopic (exact) mass is 278 g/mol. The first-order valence-corrected chi connectivity index (χ1v) is 6.37. The first-order valence-electron chi connectivity index (χ1n) is 5.99. The lowest BCUT2D eigenvalue weighted by molar-refractivity contribution is 0.0742. The Balaban J connectivity index is 2.26. The van der Waals surface area contributed by atoms with Gasteiger partial charge < -0.3 is 15.1 Å². The van der Waals surface area contributed by atoms with Crippen molar-refractivity contribution in [1.82, 2.24) is 4.90 Å². The van der Waals surface area contributed by atoms with Crippen LogP contribution in [-0.2, 0) is 6.54 Å². The predicted molar refractivity (Wildman–Crippen MR) is 75.0 cm³/mol. The third-order valence-electron chi connectivity index (χ3n) is 2.86. The van der Waals surface area contributed by atoms with Crippen LogP contribution in [0.1, 0.15) is 23.0 Å². The maximum Gasteiger partial charge on any atom is 0.257 e. The number of hydrogen-bond donors (Lipinski definition) is 1. The second-order valence-corrected chi connectivity index (χ2v) is 4.51. The van der Waals surface area contributed by atoms with Gasteiger partial charge in [-0.3, -0.25) is 4.79 Å². The van der Waals surface area contributed by atoms with Gasteiger partial charge in [0.05, 0.1) is 23.4 Å². The molecule has 1 aromatic heterocycles. The zero-order valence-corrected chi connectivity index (χ0v) is 11.4. The molecule has 0 unspecified atom stereocenters. The van der Waals surface area contributed by atoms with Crippen LogP contribution in [0, 0.1) is 0 Å². The minimum absolute atomic E-state index is 0.193. The van der Waals surface area contributed by atoms with Crippen LogP contribution >= 0.6 is 11.6 Å². The number of benzene rings is 1. The number of nitrogens with two attached hydrogens (primary N) is 1. The molecule has 0 fully saturated rings. The number of nitrogen functional groups attached to an aromatic ring is 1. The molecule has 0 aliphatic carbocycles. The average molecular weight is 279 g/mol. The standard InChI is InChI=1S/C14H15ClN2O2/c1-2-17(9-10-5-4-8-19-10)14(18)13-11(15)6-3-7-12(13)16/h3-8H,2,9,16H2,1H3. The summed E-state index contributed by atoms with van der Waals surface area (Å²) in [6.45, 7) is 2.84. The number of hydrogen-bond acceptors (Lipinski definition) is 3. The lowest BCUT2D eigenvalue weighted by Crippen LogP contribution is -2.31. The van der Waals surface area contributed by atoms with E-state index in [1.807, 2.05) is 13.0 Å². The smallest absolute Gasteiger partial charge is 0.257 e. The van der Waals surface area contributed by atoms with E-state index in [1.54, 1.807) is 35.4 Å². The highest BCUT2D eigenvalue weighted by atomic mass is 35.5. The Morgan fingerprint density at radius 2 is 2.16 bits per heavy atom. The van der Waals surface area contributed by atoms with Gasteiger partial charge >= 0.3 is 0 Å².